The zero-order chi connectivity index (χ0) is 20.1. The second-order valence-electron chi connectivity index (χ2n) is 6.86. The minimum absolute atomic E-state index is 0.0167. The quantitative estimate of drug-likeness (QED) is 0.744. The van der Waals surface area contributed by atoms with E-state index in [9.17, 15) is 4.79 Å². The van der Waals surface area contributed by atoms with Gasteiger partial charge in [0, 0.05) is 49.3 Å². The van der Waals surface area contributed by atoms with Gasteiger partial charge in [0.2, 0.25) is 0 Å². The lowest BCUT2D eigenvalue weighted by Gasteiger charge is -2.36. The number of piperazine rings is 1. The molecule has 1 fully saturated rings. The fraction of sp³-hybridized carbons (Fsp3) is 0.174. The molecule has 29 heavy (non-hydrogen) atoms. The molecule has 1 saturated heterocycles. The Morgan fingerprint density at radius 2 is 1.69 bits per heavy atom. The molecule has 0 atom stereocenters. The number of hydrogen-bond donors (Lipinski definition) is 1. The largest absolute Gasteiger partial charge is 0.368 e. The molecule has 1 aliphatic rings. The van der Waals surface area contributed by atoms with Gasteiger partial charge in [-0.1, -0.05) is 18.2 Å². The molecule has 1 aliphatic heterocycles. The number of pyridine rings is 1. The van der Waals surface area contributed by atoms with Gasteiger partial charge in [0.05, 0.1) is 11.6 Å². The standard InChI is InChI=1S/C23H21N5O/c24-17-18-6-8-20(9-7-18)26-22-16-19(10-11-25-22)23(29)28-14-12-27(13-15-28)21-4-2-1-3-5-21/h1-11,16H,12-15H2,(H,25,26). The normalized spacial score (nSPS) is 13.6. The third-order valence-electron chi connectivity index (χ3n) is 4.98. The Bertz CT molecular complexity index is 1020. The van der Waals surface area contributed by atoms with Crippen molar-refractivity contribution in [2.45, 2.75) is 0 Å². The highest BCUT2D eigenvalue weighted by atomic mass is 16.2. The highest BCUT2D eigenvalue weighted by Crippen LogP contribution is 2.19. The first-order chi connectivity index (χ1) is 14.2. The van der Waals surface area contributed by atoms with Crippen molar-refractivity contribution in [1.29, 1.82) is 5.26 Å². The van der Waals surface area contributed by atoms with E-state index in [0.717, 1.165) is 18.8 Å². The summed E-state index contributed by atoms with van der Waals surface area (Å²) in [6.45, 7) is 3.01. The van der Waals surface area contributed by atoms with Gasteiger partial charge in [-0.2, -0.15) is 5.26 Å². The van der Waals surface area contributed by atoms with E-state index in [1.807, 2.05) is 35.2 Å². The van der Waals surface area contributed by atoms with E-state index in [2.05, 4.69) is 33.4 Å². The number of amides is 1. The molecule has 1 amide bonds. The Kier molecular flexibility index (Phi) is 5.39. The highest BCUT2D eigenvalue weighted by molar-refractivity contribution is 5.95. The third kappa shape index (κ3) is 4.36. The predicted octanol–water partition coefficient (Wildman–Crippen LogP) is 3.66. The highest BCUT2D eigenvalue weighted by Gasteiger charge is 2.22. The maximum absolute atomic E-state index is 12.9. The van der Waals surface area contributed by atoms with Gasteiger partial charge in [-0.15, -0.1) is 0 Å². The SMILES string of the molecule is N#Cc1ccc(Nc2cc(C(=O)N3CCN(c4ccccc4)CC3)ccn2)cc1. The molecule has 2 aromatic carbocycles. The summed E-state index contributed by atoms with van der Waals surface area (Å²) in [7, 11) is 0. The molecule has 2 heterocycles. The zero-order valence-corrected chi connectivity index (χ0v) is 16.0. The molecule has 0 bridgehead atoms. The molecule has 0 spiro atoms. The van der Waals surface area contributed by atoms with Crippen molar-refractivity contribution < 1.29 is 4.79 Å². The van der Waals surface area contributed by atoms with Gasteiger partial charge < -0.3 is 15.1 Å². The summed E-state index contributed by atoms with van der Waals surface area (Å²) < 4.78 is 0. The molecule has 4 rings (SSSR count). The first kappa shape index (κ1) is 18.5. The summed E-state index contributed by atoms with van der Waals surface area (Å²) in [5.74, 6) is 0.617. The van der Waals surface area contributed by atoms with Gasteiger partial charge in [-0.05, 0) is 48.5 Å². The molecule has 1 N–H and O–H groups in total. The first-order valence-electron chi connectivity index (χ1n) is 9.55. The van der Waals surface area contributed by atoms with Crippen LogP contribution in [0.2, 0.25) is 0 Å². The van der Waals surface area contributed by atoms with E-state index in [-0.39, 0.29) is 5.91 Å². The number of carbonyl (C=O) groups excluding carboxylic acids is 1. The summed E-state index contributed by atoms with van der Waals surface area (Å²) in [5.41, 5.74) is 3.22. The molecular formula is C23H21N5O. The molecule has 0 aliphatic carbocycles. The van der Waals surface area contributed by atoms with Gasteiger partial charge in [-0.3, -0.25) is 4.79 Å². The predicted molar refractivity (Wildman–Crippen MR) is 113 cm³/mol. The summed E-state index contributed by atoms with van der Waals surface area (Å²) in [6, 6.07) is 23.0. The molecule has 144 valence electrons. The number of anilines is 3. The Hall–Kier alpha value is -3.85. The lowest BCUT2D eigenvalue weighted by Crippen LogP contribution is -2.48. The number of nitriles is 1. The van der Waals surface area contributed by atoms with Crippen LogP contribution in [0, 0.1) is 11.3 Å². The fourth-order valence-electron chi connectivity index (χ4n) is 3.40. The van der Waals surface area contributed by atoms with Crippen LogP contribution in [0.25, 0.3) is 0 Å². The van der Waals surface area contributed by atoms with E-state index >= 15 is 0 Å². The van der Waals surface area contributed by atoms with E-state index < -0.39 is 0 Å². The van der Waals surface area contributed by atoms with E-state index in [1.54, 1.807) is 30.5 Å². The molecule has 0 saturated carbocycles. The maximum atomic E-state index is 12.9. The lowest BCUT2D eigenvalue weighted by atomic mass is 10.2. The maximum Gasteiger partial charge on any atom is 0.254 e. The second-order valence-corrected chi connectivity index (χ2v) is 6.86. The van der Waals surface area contributed by atoms with Crippen LogP contribution >= 0.6 is 0 Å². The monoisotopic (exact) mass is 383 g/mol. The van der Waals surface area contributed by atoms with Crippen LogP contribution in [0.4, 0.5) is 17.2 Å². The van der Waals surface area contributed by atoms with Gasteiger partial charge in [-0.25, -0.2) is 4.98 Å². The van der Waals surface area contributed by atoms with E-state index in [4.69, 9.17) is 5.26 Å². The van der Waals surface area contributed by atoms with Crippen molar-refractivity contribution in [2.75, 3.05) is 36.4 Å². The average molecular weight is 383 g/mol. The van der Waals surface area contributed by atoms with Gasteiger partial charge in [0.15, 0.2) is 0 Å². The number of rotatable bonds is 4. The number of benzene rings is 2. The molecule has 6 heteroatoms. The number of aromatic nitrogens is 1. The van der Waals surface area contributed by atoms with Crippen molar-refractivity contribution in [3.8, 4) is 6.07 Å². The van der Waals surface area contributed by atoms with Crippen LogP contribution in [0.15, 0.2) is 72.9 Å². The number of para-hydroxylation sites is 1. The molecule has 3 aromatic rings. The average Bonchev–Trinajstić information content (AvgIpc) is 2.80. The minimum Gasteiger partial charge on any atom is -0.368 e. The Balaban J connectivity index is 1.40. The van der Waals surface area contributed by atoms with Crippen LogP contribution in [0.3, 0.4) is 0 Å². The summed E-state index contributed by atoms with van der Waals surface area (Å²) in [5, 5.41) is 12.1. The van der Waals surface area contributed by atoms with Crippen LogP contribution < -0.4 is 10.2 Å². The first-order valence-corrected chi connectivity index (χ1v) is 9.55. The van der Waals surface area contributed by atoms with Gasteiger partial charge >= 0.3 is 0 Å². The van der Waals surface area contributed by atoms with Gasteiger partial charge in [0.1, 0.15) is 5.82 Å². The summed E-state index contributed by atoms with van der Waals surface area (Å²) in [4.78, 5) is 21.4. The van der Waals surface area contributed by atoms with Crippen LogP contribution in [0.1, 0.15) is 15.9 Å². The van der Waals surface area contributed by atoms with Crippen molar-refractivity contribution in [2.24, 2.45) is 0 Å². The van der Waals surface area contributed by atoms with Crippen molar-refractivity contribution in [3.05, 3.63) is 84.1 Å². The number of carbonyl (C=O) groups is 1. The molecular weight excluding hydrogens is 362 g/mol. The minimum atomic E-state index is 0.0167. The number of hydrogen-bond acceptors (Lipinski definition) is 5. The molecule has 0 radical (unpaired) electrons. The fourth-order valence-corrected chi connectivity index (χ4v) is 3.40. The zero-order valence-electron chi connectivity index (χ0n) is 16.0. The Morgan fingerprint density at radius 1 is 0.966 bits per heavy atom. The third-order valence-corrected chi connectivity index (χ3v) is 4.98. The summed E-state index contributed by atoms with van der Waals surface area (Å²) in [6.07, 6.45) is 1.64. The second kappa shape index (κ2) is 8.44. The summed E-state index contributed by atoms with van der Waals surface area (Å²) >= 11 is 0. The number of nitrogens with one attached hydrogen (secondary N) is 1. The van der Waals surface area contributed by atoms with Crippen molar-refractivity contribution >= 4 is 23.1 Å². The molecule has 1 aromatic heterocycles. The lowest BCUT2D eigenvalue weighted by molar-refractivity contribution is 0.0746. The molecule has 6 nitrogen and oxygen atoms in total. The Labute approximate surface area is 170 Å². The van der Waals surface area contributed by atoms with E-state index in [0.29, 0.717) is 30.0 Å². The Morgan fingerprint density at radius 3 is 2.38 bits per heavy atom. The topological polar surface area (TPSA) is 72.3 Å². The molecule has 0 unspecified atom stereocenters. The smallest absolute Gasteiger partial charge is 0.254 e. The van der Waals surface area contributed by atoms with E-state index in [1.165, 1.54) is 5.69 Å². The van der Waals surface area contributed by atoms with Crippen LogP contribution in [-0.4, -0.2) is 42.0 Å². The van der Waals surface area contributed by atoms with Gasteiger partial charge in [0.25, 0.3) is 5.91 Å². The van der Waals surface area contributed by atoms with Crippen LogP contribution in [-0.2, 0) is 0 Å². The number of nitrogens with zero attached hydrogens (tertiary/aromatic N) is 4. The van der Waals surface area contributed by atoms with Crippen molar-refractivity contribution in [1.82, 2.24) is 9.88 Å². The van der Waals surface area contributed by atoms with Crippen molar-refractivity contribution in [3.63, 3.8) is 0 Å². The van der Waals surface area contributed by atoms with Crippen LogP contribution in [0.5, 0.6) is 0 Å².